The summed E-state index contributed by atoms with van der Waals surface area (Å²) < 4.78 is 1.74. The highest BCUT2D eigenvalue weighted by Gasteiger charge is 2.36. The van der Waals surface area contributed by atoms with Crippen molar-refractivity contribution in [1.82, 2.24) is 0 Å². The lowest BCUT2D eigenvalue weighted by molar-refractivity contribution is 0.536. The van der Waals surface area contributed by atoms with Crippen LogP contribution in [0.4, 0.5) is 0 Å². The van der Waals surface area contributed by atoms with Crippen LogP contribution in [0.5, 0.6) is 0 Å². The Morgan fingerprint density at radius 3 is 1.57 bits per heavy atom. The average molecular weight is 412 g/mol. The minimum atomic E-state index is -0.850. The molecule has 0 radical (unpaired) electrons. The number of hydrogen-bond acceptors (Lipinski definition) is 4. The van der Waals surface area contributed by atoms with Gasteiger partial charge in [0.2, 0.25) is 0 Å². The highest BCUT2D eigenvalue weighted by Crippen LogP contribution is 2.35. The van der Waals surface area contributed by atoms with E-state index in [2.05, 4.69) is 42.2 Å². The normalized spacial score (nSPS) is 11.1. The van der Waals surface area contributed by atoms with E-state index in [-0.39, 0.29) is 13.1 Å². The fourth-order valence-electron chi connectivity index (χ4n) is 2.37. The number of nitrogens with zero attached hydrogens (tertiary/aromatic N) is 2. The van der Waals surface area contributed by atoms with E-state index in [0.29, 0.717) is 0 Å². The zero-order chi connectivity index (χ0) is 15.3. The third kappa shape index (κ3) is 3.44. The van der Waals surface area contributed by atoms with Gasteiger partial charge in [0.1, 0.15) is 0 Å². The number of halogens is 2. The average Bonchev–Trinajstić information content (AvgIpc) is 2.47. The lowest BCUT2D eigenvalue weighted by Gasteiger charge is -2.30. The molecule has 2 rings (SSSR count). The van der Waals surface area contributed by atoms with Gasteiger partial charge in [0.25, 0.3) is 0 Å². The monoisotopic (exact) mass is 410 g/mol. The van der Waals surface area contributed by atoms with Gasteiger partial charge < -0.3 is 0 Å². The van der Waals surface area contributed by atoms with Crippen molar-refractivity contribution in [3.8, 4) is 0 Å². The summed E-state index contributed by atoms with van der Waals surface area (Å²) in [5, 5.41) is 6.12. The van der Waals surface area contributed by atoms with Crippen molar-refractivity contribution in [2.75, 3.05) is 13.1 Å². The van der Waals surface area contributed by atoms with Crippen LogP contribution in [0.25, 0.3) is 0 Å². The van der Waals surface area contributed by atoms with Crippen LogP contribution in [0.2, 0.25) is 0 Å². The Morgan fingerprint density at radius 2 is 1.24 bits per heavy atom. The summed E-state index contributed by atoms with van der Waals surface area (Å²) in [5.41, 5.74) is 0.806. The molecule has 0 atom stereocenters. The lowest BCUT2D eigenvalue weighted by Crippen LogP contribution is -2.34. The van der Waals surface area contributed by atoms with Crippen molar-refractivity contribution in [3.05, 3.63) is 78.4 Å². The minimum Gasteiger partial charge on any atom is -0.151 e. The number of benzene rings is 2. The first-order valence-corrected chi connectivity index (χ1v) is 7.81. The molecule has 0 bridgehead atoms. The van der Waals surface area contributed by atoms with E-state index in [9.17, 15) is 9.81 Å². The standard InChI is InChI=1S/C15H12Br2N2O2/c16-13-5-1-3-11(7-13)15(9-18-20,10-19-21)12-4-2-6-14(17)8-12/h1-8H,9-10H2. The SMILES string of the molecule is O=NCC(CN=O)(c1cccc(Br)c1)c1cccc(Br)c1. The van der Waals surface area contributed by atoms with E-state index in [1.54, 1.807) is 0 Å². The zero-order valence-electron chi connectivity index (χ0n) is 11.0. The third-order valence-electron chi connectivity index (χ3n) is 3.42. The van der Waals surface area contributed by atoms with Crippen LogP contribution in [0.15, 0.2) is 67.8 Å². The summed E-state index contributed by atoms with van der Waals surface area (Å²) in [5.74, 6) is 0. The molecule has 0 aromatic heterocycles. The van der Waals surface area contributed by atoms with E-state index in [1.165, 1.54) is 0 Å². The molecule has 0 amide bonds. The van der Waals surface area contributed by atoms with Crippen LogP contribution >= 0.6 is 31.9 Å². The van der Waals surface area contributed by atoms with E-state index in [0.717, 1.165) is 20.1 Å². The highest BCUT2D eigenvalue weighted by atomic mass is 79.9. The second kappa shape index (κ2) is 7.04. The molecule has 0 heterocycles. The van der Waals surface area contributed by atoms with Crippen molar-refractivity contribution >= 4 is 31.9 Å². The van der Waals surface area contributed by atoms with Gasteiger partial charge >= 0.3 is 0 Å². The molecular formula is C15H12Br2N2O2. The van der Waals surface area contributed by atoms with Crippen LogP contribution in [0.1, 0.15) is 11.1 Å². The molecule has 0 fully saturated rings. The van der Waals surface area contributed by atoms with Gasteiger partial charge in [-0.05, 0) is 35.4 Å². The Labute approximate surface area is 139 Å². The molecule has 2 aromatic rings. The Balaban J connectivity index is 2.67. The maximum atomic E-state index is 11.0. The van der Waals surface area contributed by atoms with Gasteiger partial charge in [-0.2, -0.15) is 9.81 Å². The first-order chi connectivity index (χ1) is 10.1. The fourth-order valence-corrected chi connectivity index (χ4v) is 3.17. The molecule has 4 nitrogen and oxygen atoms in total. The van der Waals surface area contributed by atoms with Gasteiger partial charge in [0.15, 0.2) is 0 Å². The molecule has 6 heteroatoms. The topological polar surface area (TPSA) is 58.9 Å². The third-order valence-corrected chi connectivity index (χ3v) is 4.41. The number of nitroso groups, excluding NO2 is 2. The summed E-state index contributed by atoms with van der Waals surface area (Å²) in [7, 11) is 0. The predicted molar refractivity (Wildman–Crippen MR) is 90.4 cm³/mol. The molecule has 0 saturated heterocycles. The molecule has 21 heavy (non-hydrogen) atoms. The van der Waals surface area contributed by atoms with Crippen LogP contribution < -0.4 is 0 Å². The smallest absolute Gasteiger partial charge is 0.0967 e. The molecule has 0 aliphatic heterocycles. The molecule has 0 unspecified atom stereocenters. The largest absolute Gasteiger partial charge is 0.151 e. The first kappa shape index (κ1) is 16.0. The Kier molecular flexibility index (Phi) is 5.36. The van der Waals surface area contributed by atoms with Gasteiger partial charge in [-0.25, -0.2) is 0 Å². The Hall–Kier alpha value is -1.40. The molecule has 0 saturated carbocycles. The molecule has 108 valence electrons. The van der Waals surface area contributed by atoms with Gasteiger partial charge in [-0.3, -0.25) is 0 Å². The van der Waals surface area contributed by atoms with Crippen molar-refractivity contribution in [1.29, 1.82) is 0 Å². The van der Waals surface area contributed by atoms with Crippen LogP contribution in [0, 0.1) is 9.81 Å². The lowest BCUT2D eigenvalue weighted by atomic mass is 9.74. The van der Waals surface area contributed by atoms with Gasteiger partial charge in [-0.15, -0.1) is 0 Å². The Bertz CT molecular complexity index is 604. The maximum Gasteiger partial charge on any atom is 0.0967 e. The van der Waals surface area contributed by atoms with Crippen LogP contribution in [0.3, 0.4) is 0 Å². The first-order valence-electron chi connectivity index (χ1n) is 6.23. The predicted octanol–water partition coefficient (Wildman–Crippen LogP) is 5.03. The molecular weight excluding hydrogens is 400 g/mol. The molecule has 0 aliphatic rings. The van der Waals surface area contributed by atoms with E-state index >= 15 is 0 Å². The summed E-state index contributed by atoms with van der Waals surface area (Å²) in [6, 6.07) is 15.0. The number of rotatable bonds is 6. The molecule has 0 spiro atoms. The quantitative estimate of drug-likeness (QED) is 0.625. The Morgan fingerprint density at radius 1 is 0.810 bits per heavy atom. The summed E-state index contributed by atoms with van der Waals surface area (Å²) in [6.07, 6.45) is 0. The maximum absolute atomic E-state index is 11.0. The second-order valence-corrected chi connectivity index (χ2v) is 6.51. The summed E-state index contributed by atoms with van der Waals surface area (Å²) >= 11 is 6.83. The van der Waals surface area contributed by atoms with Crippen molar-refractivity contribution in [2.24, 2.45) is 10.4 Å². The minimum absolute atomic E-state index is 0.0500. The van der Waals surface area contributed by atoms with Crippen molar-refractivity contribution < 1.29 is 0 Å². The molecule has 2 aromatic carbocycles. The molecule has 0 N–H and O–H groups in total. The van der Waals surface area contributed by atoms with E-state index in [4.69, 9.17) is 0 Å². The van der Waals surface area contributed by atoms with Gasteiger partial charge in [-0.1, -0.05) is 66.5 Å². The van der Waals surface area contributed by atoms with Crippen molar-refractivity contribution in [3.63, 3.8) is 0 Å². The van der Waals surface area contributed by atoms with E-state index < -0.39 is 5.41 Å². The zero-order valence-corrected chi connectivity index (χ0v) is 14.2. The van der Waals surface area contributed by atoms with Crippen LogP contribution in [-0.4, -0.2) is 13.1 Å². The second-order valence-electron chi connectivity index (χ2n) is 4.68. The van der Waals surface area contributed by atoms with Crippen molar-refractivity contribution in [2.45, 2.75) is 5.41 Å². The van der Waals surface area contributed by atoms with E-state index in [1.807, 2.05) is 48.5 Å². The van der Waals surface area contributed by atoms with Gasteiger partial charge in [0.05, 0.1) is 18.5 Å². The summed E-state index contributed by atoms with van der Waals surface area (Å²) in [4.78, 5) is 22.0. The molecule has 0 aliphatic carbocycles. The fraction of sp³-hybridized carbons (Fsp3) is 0.200. The summed E-state index contributed by atoms with van der Waals surface area (Å²) in [6.45, 7) is -0.0999. The highest BCUT2D eigenvalue weighted by molar-refractivity contribution is 9.10. The van der Waals surface area contributed by atoms with Crippen LogP contribution in [-0.2, 0) is 5.41 Å². The number of hydrogen-bond donors (Lipinski definition) is 0. The van der Waals surface area contributed by atoms with Gasteiger partial charge in [0, 0.05) is 8.95 Å².